The summed E-state index contributed by atoms with van der Waals surface area (Å²) < 4.78 is 0. The standard InChI is InChI=1S/C11H22N2/c1-9-8-13(6-5-12-9)10(2)7-11-3-4-11/h9-12H,3-8H2,1-2H3/t9-,10?/m0/s1. The molecule has 2 heteroatoms. The minimum Gasteiger partial charge on any atom is -0.312 e. The molecule has 1 heterocycles. The second-order valence-corrected chi connectivity index (χ2v) is 4.88. The van der Waals surface area contributed by atoms with Crippen molar-refractivity contribution in [3.63, 3.8) is 0 Å². The SMILES string of the molecule is CC(CC1CC1)N1CCN[C@@H](C)C1. The van der Waals surface area contributed by atoms with Crippen molar-refractivity contribution in [3.8, 4) is 0 Å². The van der Waals surface area contributed by atoms with Crippen LogP contribution in [0, 0.1) is 5.92 Å². The van der Waals surface area contributed by atoms with Crippen LogP contribution in [0.2, 0.25) is 0 Å². The van der Waals surface area contributed by atoms with Crippen molar-refractivity contribution < 1.29 is 0 Å². The topological polar surface area (TPSA) is 15.3 Å². The van der Waals surface area contributed by atoms with Gasteiger partial charge in [-0.25, -0.2) is 0 Å². The number of nitrogens with zero attached hydrogens (tertiary/aromatic N) is 1. The molecule has 2 atom stereocenters. The molecule has 0 aromatic heterocycles. The summed E-state index contributed by atoms with van der Waals surface area (Å²) in [5, 5.41) is 3.49. The van der Waals surface area contributed by atoms with E-state index in [9.17, 15) is 0 Å². The fraction of sp³-hybridized carbons (Fsp3) is 1.00. The number of hydrogen-bond acceptors (Lipinski definition) is 2. The van der Waals surface area contributed by atoms with Gasteiger partial charge in [0.1, 0.15) is 0 Å². The molecular weight excluding hydrogens is 160 g/mol. The molecule has 1 saturated heterocycles. The van der Waals surface area contributed by atoms with E-state index in [0.717, 1.165) is 12.0 Å². The summed E-state index contributed by atoms with van der Waals surface area (Å²) in [7, 11) is 0. The number of rotatable bonds is 3. The van der Waals surface area contributed by atoms with Gasteiger partial charge in [-0.1, -0.05) is 12.8 Å². The van der Waals surface area contributed by atoms with Crippen LogP contribution in [0.3, 0.4) is 0 Å². The van der Waals surface area contributed by atoms with Crippen LogP contribution in [0.5, 0.6) is 0 Å². The van der Waals surface area contributed by atoms with Gasteiger partial charge in [0, 0.05) is 31.7 Å². The predicted octanol–water partition coefficient (Wildman–Crippen LogP) is 1.47. The summed E-state index contributed by atoms with van der Waals surface area (Å²) in [6.07, 6.45) is 4.42. The van der Waals surface area contributed by atoms with Crippen molar-refractivity contribution in [1.29, 1.82) is 0 Å². The summed E-state index contributed by atoms with van der Waals surface area (Å²) >= 11 is 0. The molecule has 0 bridgehead atoms. The maximum atomic E-state index is 3.49. The Bertz CT molecular complexity index is 165. The third-order valence-electron chi connectivity index (χ3n) is 3.39. The summed E-state index contributed by atoms with van der Waals surface area (Å²) in [5.41, 5.74) is 0. The van der Waals surface area contributed by atoms with E-state index >= 15 is 0 Å². The highest BCUT2D eigenvalue weighted by molar-refractivity contribution is 4.83. The zero-order valence-electron chi connectivity index (χ0n) is 8.92. The highest BCUT2D eigenvalue weighted by Crippen LogP contribution is 2.34. The molecule has 1 aliphatic heterocycles. The average Bonchev–Trinajstić information content (AvgIpc) is 2.88. The summed E-state index contributed by atoms with van der Waals surface area (Å²) in [6.45, 7) is 8.36. The van der Waals surface area contributed by atoms with Crippen LogP contribution in [-0.4, -0.2) is 36.6 Å². The van der Waals surface area contributed by atoms with Gasteiger partial charge in [-0.2, -0.15) is 0 Å². The van der Waals surface area contributed by atoms with Crippen LogP contribution in [0.4, 0.5) is 0 Å². The van der Waals surface area contributed by atoms with E-state index in [0.29, 0.717) is 6.04 Å². The lowest BCUT2D eigenvalue weighted by Gasteiger charge is -2.36. The first-order valence-corrected chi connectivity index (χ1v) is 5.73. The van der Waals surface area contributed by atoms with E-state index in [-0.39, 0.29) is 0 Å². The van der Waals surface area contributed by atoms with Crippen LogP contribution in [-0.2, 0) is 0 Å². The lowest BCUT2D eigenvalue weighted by Crippen LogP contribution is -2.52. The average molecular weight is 182 g/mol. The number of hydrogen-bond donors (Lipinski definition) is 1. The third kappa shape index (κ3) is 2.68. The molecular formula is C11H22N2. The van der Waals surface area contributed by atoms with Gasteiger partial charge < -0.3 is 5.32 Å². The van der Waals surface area contributed by atoms with Crippen molar-refractivity contribution in [2.75, 3.05) is 19.6 Å². The Kier molecular flexibility index (Phi) is 2.89. The van der Waals surface area contributed by atoms with Gasteiger partial charge in [-0.15, -0.1) is 0 Å². The molecule has 1 aliphatic carbocycles. The third-order valence-corrected chi connectivity index (χ3v) is 3.39. The first-order valence-electron chi connectivity index (χ1n) is 5.73. The molecule has 2 rings (SSSR count). The van der Waals surface area contributed by atoms with Crippen molar-refractivity contribution in [3.05, 3.63) is 0 Å². The molecule has 76 valence electrons. The zero-order valence-corrected chi connectivity index (χ0v) is 8.92. The second kappa shape index (κ2) is 3.97. The molecule has 2 aliphatic rings. The molecule has 0 amide bonds. The Morgan fingerprint density at radius 3 is 2.85 bits per heavy atom. The van der Waals surface area contributed by atoms with E-state index in [4.69, 9.17) is 0 Å². The van der Waals surface area contributed by atoms with E-state index in [1.54, 1.807) is 0 Å². The quantitative estimate of drug-likeness (QED) is 0.711. The number of piperazine rings is 1. The lowest BCUT2D eigenvalue weighted by molar-refractivity contribution is 0.148. The van der Waals surface area contributed by atoms with E-state index in [1.165, 1.54) is 38.9 Å². The van der Waals surface area contributed by atoms with Crippen molar-refractivity contribution >= 4 is 0 Å². The molecule has 1 unspecified atom stereocenters. The summed E-state index contributed by atoms with van der Waals surface area (Å²) in [5.74, 6) is 1.07. The lowest BCUT2D eigenvalue weighted by atomic mass is 10.1. The monoisotopic (exact) mass is 182 g/mol. The van der Waals surface area contributed by atoms with Gasteiger partial charge in [0.2, 0.25) is 0 Å². The summed E-state index contributed by atoms with van der Waals surface area (Å²) in [4.78, 5) is 2.65. The minimum atomic E-state index is 0.690. The van der Waals surface area contributed by atoms with E-state index < -0.39 is 0 Å². The molecule has 13 heavy (non-hydrogen) atoms. The van der Waals surface area contributed by atoms with Crippen LogP contribution in [0.1, 0.15) is 33.1 Å². The van der Waals surface area contributed by atoms with Gasteiger partial charge in [0.15, 0.2) is 0 Å². The van der Waals surface area contributed by atoms with Crippen LogP contribution >= 0.6 is 0 Å². The fourth-order valence-corrected chi connectivity index (χ4v) is 2.35. The Labute approximate surface area is 81.7 Å². The predicted molar refractivity (Wildman–Crippen MR) is 55.8 cm³/mol. The smallest absolute Gasteiger partial charge is 0.0167 e. The fourth-order valence-electron chi connectivity index (χ4n) is 2.35. The van der Waals surface area contributed by atoms with Gasteiger partial charge in [0.05, 0.1) is 0 Å². The first-order chi connectivity index (χ1) is 6.25. The molecule has 0 radical (unpaired) electrons. The van der Waals surface area contributed by atoms with E-state index in [1.807, 2.05) is 0 Å². The maximum absolute atomic E-state index is 3.49. The molecule has 0 aromatic carbocycles. The highest BCUT2D eigenvalue weighted by Gasteiger charge is 2.27. The molecule has 2 nitrogen and oxygen atoms in total. The van der Waals surface area contributed by atoms with Gasteiger partial charge >= 0.3 is 0 Å². The maximum Gasteiger partial charge on any atom is 0.0167 e. The van der Waals surface area contributed by atoms with Crippen molar-refractivity contribution in [1.82, 2.24) is 10.2 Å². The Morgan fingerprint density at radius 1 is 1.46 bits per heavy atom. The molecule has 1 saturated carbocycles. The number of nitrogens with one attached hydrogen (secondary N) is 1. The first kappa shape index (κ1) is 9.47. The van der Waals surface area contributed by atoms with Crippen LogP contribution in [0.25, 0.3) is 0 Å². The minimum absolute atomic E-state index is 0.690. The van der Waals surface area contributed by atoms with Gasteiger partial charge in [0.25, 0.3) is 0 Å². The van der Waals surface area contributed by atoms with E-state index in [2.05, 4.69) is 24.1 Å². The molecule has 1 N–H and O–H groups in total. The Morgan fingerprint density at radius 2 is 2.23 bits per heavy atom. The Balaban J connectivity index is 1.76. The molecule has 2 fully saturated rings. The normalized spacial score (nSPS) is 33.2. The zero-order chi connectivity index (χ0) is 9.26. The summed E-state index contributed by atoms with van der Waals surface area (Å²) in [6, 6.07) is 1.51. The van der Waals surface area contributed by atoms with Gasteiger partial charge in [-0.3, -0.25) is 4.90 Å². The highest BCUT2D eigenvalue weighted by atomic mass is 15.2. The van der Waals surface area contributed by atoms with Crippen molar-refractivity contribution in [2.45, 2.75) is 45.2 Å². The largest absolute Gasteiger partial charge is 0.312 e. The second-order valence-electron chi connectivity index (χ2n) is 4.88. The van der Waals surface area contributed by atoms with Gasteiger partial charge in [-0.05, 0) is 26.2 Å². The van der Waals surface area contributed by atoms with Crippen molar-refractivity contribution in [2.24, 2.45) is 5.92 Å². The Hall–Kier alpha value is -0.0800. The molecule has 0 spiro atoms. The van der Waals surface area contributed by atoms with Crippen LogP contribution < -0.4 is 5.32 Å². The molecule has 0 aromatic rings. The van der Waals surface area contributed by atoms with Crippen LogP contribution in [0.15, 0.2) is 0 Å².